The number of aliphatic hydroxyl groups is 1. The minimum absolute atomic E-state index is 0.245. The van der Waals surface area contributed by atoms with Crippen LogP contribution in [0.2, 0.25) is 0 Å². The predicted octanol–water partition coefficient (Wildman–Crippen LogP) is 2.70. The summed E-state index contributed by atoms with van der Waals surface area (Å²) in [5.74, 6) is 0. The minimum Gasteiger partial charge on any atom is -0.395 e. The third-order valence-electron chi connectivity index (χ3n) is 3.72. The van der Waals surface area contributed by atoms with Crippen molar-refractivity contribution in [2.45, 2.75) is 51.6 Å². The first-order valence-corrected chi connectivity index (χ1v) is 8.18. The molecule has 108 valence electrons. The second kappa shape index (κ2) is 7.82. The van der Waals surface area contributed by atoms with E-state index < -0.39 is 0 Å². The first-order chi connectivity index (χ1) is 9.33. The van der Waals surface area contributed by atoms with Gasteiger partial charge in [-0.3, -0.25) is 4.90 Å². The maximum Gasteiger partial charge on any atom is 0.182 e. The zero-order valence-electron chi connectivity index (χ0n) is 11.8. The molecule has 0 bridgehead atoms. The first-order valence-electron chi connectivity index (χ1n) is 7.37. The van der Waals surface area contributed by atoms with Crippen LogP contribution in [-0.2, 0) is 6.54 Å². The summed E-state index contributed by atoms with van der Waals surface area (Å²) in [5, 5.41) is 13.5. The highest BCUT2D eigenvalue weighted by molar-refractivity contribution is 7.15. The van der Waals surface area contributed by atoms with Crippen molar-refractivity contribution in [2.24, 2.45) is 0 Å². The SMILES string of the molecule is CCNc1ncc(CN(CCO)C2CCCCC2)s1. The van der Waals surface area contributed by atoms with Crippen LogP contribution in [0.1, 0.15) is 43.9 Å². The molecule has 5 heteroatoms. The van der Waals surface area contributed by atoms with Crippen LogP contribution in [0.25, 0.3) is 0 Å². The normalized spacial score (nSPS) is 17.0. The van der Waals surface area contributed by atoms with Crippen molar-refractivity contribution < 1.29 is 5.11 Å². The van der Waals surface area contributed by atoms with Crippen LogP contribution in [0.4, 0.5) is 5.13 Å². The summed E-state index contributed by atoms with van der Waals surface area (Å²) in [4.78, 5) is 8.10. The number of hydrogen-bond donors (Lipinski definition) is 2. The van der Waals surface area contributed by atoms with Gasteiger partial charge in [0.15, 0.2) is 5.13 Å². The Morgan fingerprint density at radius 1 is 1.42 bits per heavy atom. The lowest BCUT2D eigenvalue weighted by molar-refractivity contribution is 0.118. The molecule has 0 aliphatic heterocycles. The summed E-state index contributed by atoms with van der Waals surface area (Å²) in [6.07, 6.45) is 8.55. The largest absolute Gasteiger partial charge is 0.395 e. The standard InChI is InChI=1S/C14H25N3OS/c1-2-15-14-16-10-13(19-14)11-17(8-9-18)12-6-4-3-5-7-12/h10,12,18H,2-9,11H2,1H3,(H,15,16). The lowest BCUT2D eigenvalue weighted by Gasteiger charge is -2.33. The molecule has 2 N–H and O–H groups in total. The Balaban J connectivity index is 1.94. The van der Waals surface area contributed by atoms with Gasteiger partial charge in [0, 0.05) is 36.8 Å². The van der Waals surface area contributed by atoms with E-state index >= 15 is 0 Å². The molecule has 19 heavy (non-hydrogen) atoms. The summed E-state index contributed by atoms with van der Waals surface area (Å²) in [5.41, 5.74) is 0. The molecule has 0 aromatic carbocycles. The van der Waals surface area contributed by atoms with Crippen LogP contribution in [0.3, 0.4) is 0 Å². The van der Waals surface area contributed by atoms with Crippen molar-refractivity contribution in [2.75, 3.05) is 25.0 Å². The number of rotatable bonds is 7. The molecule has 0 spiro atoms. The molecule has 2 rings (SSSR count). The molecule has 1 aromatic heterocycles. The third-order valence-corrected chi connectivity index (χ3v) is 4.66. The lowest BCUT2D eigenvalue weighted by Crippen LogP contribution is -2.38. The van der Waals surface area contributed by atoms with Crippen LogP contribution in [0.15, 0.2) is 6.20 Å². The van der Waals surface area contributed by atoms with E-state index in [4.69, 9.17) is 0 Å². The number of aromatic nitrogens is 1. The maximum absolute atomic E-state index is 9.27. The number of anilines is 1. The van der Waals surface area contributed by atoms with Gasteiger partial charge >= 0.3 is 0 Å². The Hall–Kier alpha value is -0.650. The quantitative estimate of drug-likeness (QED) is 0.808. The van der Waals surface area contributed by atoms with Crippen molar-refractivity contribution in [1.82, 2.24) is 9.88 Å². The fourth-order valence-corrected chi connectivity index (χ4v) is 3.69. The van der Waals surface area contributed by atoms with Gasteiger partial charge in [0.2, 0.25) is 0 Å². The van der Waals surface area contributed by atoms with E-state index in [0.29, 0.717) is 6.04 Å². The monoisotopic (exact) mass is 283 g/mol. The number of thiazole rings is 1. The molecule has 4 nitrogen and oxygen atoms in total. The van der Waals surface area contributed by atoms with Crippen LogP contribution in [0.5, 0.6) is 0 Å². The minimum atomic E-state index is 0.245. The van der Waals surface area contributed by atoms with Gasteiger partial charge in [0.05, 0.1) is 6.61 Å². The third kappa shape index (κ3) is 4.44. The van der Waals surface area contributed by atoms with Crippen LogP contribution < -0.4 is 5.32 Å². The van der Waals surface area contributed by atoms with Crippen LogP contribution in [-0.4, -0.2) is 40.7 Å². The lowest BCUT2D eigenvalue weighted by atomic mass is 9.94. The molecule has 1 heterocycles. The summed E-state index contributed by atoms with van der Waals surface area (Å²) < 4.78 is 0. The molecule has 0 amide bonds. The topological polar surface area (TPSA) is 48.4 Å². The first kappa shape index (κ1) is 14.8. The fraction of sp³-hybridized carbons (Fsp3) is 0.786. The van der Waals surface area contributed by atoms with E-state index in [1.165, 1.54) is 37.0 Å². The average molecular weight is 283 g/mol. The van der Waals surface area contributed by atoms with Gasteiger partial charge in [-0.1, -0.05) is 19.3 Å². The molecule has 1 saturated carbocycles. The summed E-state index contributed by atoms with van der Waals surface area (Å²) in [6, 6.07) is 0.644. The molecule has 0 atom stereocenters. The van der Waals surface area contributed by atoms with Crippen molar-refractivity contribution in [3.63, 3.8) is 0 Å². The summed E-state index contributed by atoms with van der Waals surface area (Å²) in [7, 11) is 0. The predicted molar refractivity (Wildman–Crippen MR) is 80.6 cm³/mol. The van der Waals surface area contributed by atoms with Crippen molar-refractivity contribution in [3.8, 4) is 0 Å². The molecule has 1 fully saturated rings. The smallest absolute Gasteiger partial charge is 0.182 e. The Bertz CT molecular complexity index is 363. The van der Waals surface area contributed by atoms with Crippen LogP contribution >= 0.6 is 11.3 Å². The summed E-state index contributed by atoms with van der Waals surface area (Å²) >= 11 is 1.73. The number of aliphatic hydroxyl groups excluding tert-OH is 1. The molecule has 0 unspecified atom stereocenters. The van der Waals surface area contributed by atoms with Gasteiger partial charge < -0.3 is 10.4 Å². The van der Waals surface area contributed by atoms with E-state index in [9.17, 15) is 5.11 Å². The fourth-order valence-electron chi connectivity index (χ4n) is 2.78. The van der Waals surface area contributed by atoms with E-state index in [1.54, 1.807) is 11.3 Å². The molecule has 1 aromatic rings. The van der Waals surface area contributed by atoms with Crippen molar-refractivity contribution in [1.29, 1.82) is 0 Å². The summed E-state index contributed by atoms with van der Waals surface area (Å²) in [6.45, 7) is 4.94. The van der Waals surface area contributed by atoms with E-state index in [1.807, 2.05) is 6.20 Å². The molecular formula is C14H25N3OS. The second-order valence-corrected chi connectivity index (χ2v) is 6.26. The highest BCUT2D eigenvalue weighted by Crippen LogP contribution is 2.26. The molecule has 1 aliphatic rings. The molecule has 1 aliphatic carbocycles. The van der Waals surface area contributed by atoms with Crippen molar-refractivity contribution in [3.05, 3.63) is 11.1 Å². The van der Waals surface area contributed by atoms with Gasteiger partial charge in [-0.2, -0.15) is 0 Å². The number of hydrogen-bond acceptors (Lipinski definition) is 5. The molecular weight excluding hydrogens is 258 g/mol. The average Bonchev–Trinajstić information content (AvgIpc) is 2.87. The maximum atomic E-state index is 9.27. The second-order valence-electron chi connectivity index (χ2n) is 5.15. The van der Waals surface area contributed by atoms with E-state index in [-0.39, 0.29) is 6.61 Å². The van der Waals surface area contributed by atoms with E-state index in [2.05, 4.69) is 22.1 Å². The highest BCUT2D eigenvalue weighted by Gasteiger charge is 2.21. The van der Waals surface area contributed by atoms with Gasteiger partial charge in [-0.05, 0) is 19.8 Å². The molecule has 0 radical (unpaired) electrons. The Morgan fingerprint density at radius 2 is 2.21 bits per heavy atom. The number of nitrogens with one attached hydrogen (secondary N) is 1. The Morgan fingerprint density at radius 3 is 2.89 bits per heavy atom. The number of nitrogens with zero attached hydrogens (tertiary/aromatic N) is 2. The highest BCUT2D eigenvalue weighted by atomic mass is 32.1. The van der Waals surface area contributed by atoms with Gasteiger partial charge in [-0.25, -0.2) is 4.98 Å². The van der Waals surface area contributed by atoms with Crippen LogP contribution in [0, 0.1) is 0 Å². The van der Waals surface area contributed by atoms with E-state index in [0.717, 1.165) is 24.8 Å². The van der Waals surface area contributed by atoms with Crippen molar-refractivity contribution >= 4 is 16.5 Å². The Labute approximate surface area is 119 Å². The van der Waals surface area contributed by atoms with Gasteiger partial charge in [-0.15, -0.1) is 11.3 Å². The molecule has 0 saturated heterocycles. The zero-order chi connectivity index (χ0) is 13.5. The van der Waals surface area contributed by atoms with Gasteiger partial charge in [0.25, 0.3) is 0 Å². The zero-order valence-corrected chi connectivity index (χ0v) is 12.6. The van der Waals surface area contributed by atoms with Gasteiger partial charge in [0.1, 0.15) is 0 Å². The Kier molecular flexibility index (Phi) is 6.07.